The molecule has 21 heavy (non-hydrogen) atoms. The normalized spacial score (nSPS) is 11.4. The Balaban J connectivity index is 2.04. The van der Waals surface area contributed by atoms with Crippen molar-refractivity contribution in [3.8, 4) is 0 Å². The highest BCUT2D eigenvalue weighted by Crippen LogP contribution is 2.15. The highest BCUT2D eigenvalue weighted by atomic mass is 16.6. The van der Waals surface area contributed by atoms with E-state index in [2.05, 4.69) is 22.9 Å². The van der Waals surface area contributed by atoms with E-state index in [1.54, 1.807) is 0 Å². The predicted octanol–water partition coefficient (Wildman–Crippen LogP) is 3.73. The second-order valence-electron chi connectivity index (χ2n) is 6.39. The van der Waals surface area contributed by atoms with Crippen LogP contribution in [0.4, 0.5) is 0 Å². The highest BCUT2D eigenvalue weighted by molar-refractivity contribution is 5.73. The molecule has 0 spiro atoms. The third kappa shape index (κ3) is 4.78. The molecule has 1 aromatic carbocycles. The molecule has 0 bridgehead atoms. The van der Waals surface area contributed by atoms with E-state index >= 15 is 0 Å². The van der Waals surface area contributed by atoms with E-state index in [9.17, 15) is 4.79 Å². The lowest BCUT2D eigenvalue weighted by atomic mass is 10.1. The number of carbonyl (C=O) groups excluding carboxylic acids is 1. The number of carbonyl (C=O) groups is 1. The number of ether oxygens (including phenoxy) is 1. The van der Waals surface area contributed by atoms with Gasteiger partial charge in [-0.25, -0.2) is 0 Å². The molecule has 1 heterocycles. The Morgan fingerprint density at radius 3 is 2.43 bits per heavy atom. The number of aromatic nitrogens is 1. The van der Waals surface area contributed by atoms with Crippen LogP contribution in [-0.2, 0) is 22.5 Å². The number of nitrogens with zero attached hydrogens (tertiary/aromatic N) is 1. The average Bonchev–Trinajstić information content (AvgIpc) is 2.68. The fourth-order valence-electron chi connectivity index (χ4n) is 2.27. The van der Waals surface area contributed by atoms with Gasteiger partial charge < -0.3 is 9.30 Å². The van der Waals surface area contributed by atoms with Crippen molar-refractivity contribution in [2.75, 3.05) is 0 Å². The molecule has 112 valence electrons. The number of esters is 1. The van der Waals surface area contributed by atoms with Gasteiger partial charge in [-0.2, -0.15) is 0 Å². The largest absolute Gasteiger partial charge is 0.460 e. The van der Waals surface area contributed by atoms with Crippen LogP contribution in [0, 0.1) is 6.92 Å². The Morgan fingerprint density at radius 2 is 1.81 bits per heavy atom. The van der Waals surface area contributed by atoms with Crippen molar-refractivity contribution in [3.05, 3.63) is 59.4 Å². The quantitative estimate of drug-likeness (QED) is 0.802. The summed E-state index contributed by atoms with van der Waals surface area (Å²) in [5.74, 6) is -0.178. The Morgan fingerprint density at radius 1 is 1.14 bits per heavy atom. The van der Waals surface area contributed by atoms with Crippen LogP contribution in [0.2, 0.25) is 0 Å². The van der Waals surface area contributed by atoms with E-state index in [0.29, 0.717) is 6.42 Å². The first-order valence-corrected chi connectivity index (χ1v) is 7.24. The summed E-state index contributed by atoms with van der Waals surface area (Å²) in [7, 11) is 0. The summed E-state index contributed by atoms with van der Waals surface area (Å²) in [6.07, 6.45) is 4.43. The van der Waals surface area contributed by atoms with Crippen LogP contribution in [0.15, 0.2) is 42.7 Å². The lowest BCUT2D eigenvalue weighted by molar-refractivity contribution is -0.153. The van der Waals surface area contributed by atoms with E-state index in [1.807, 2.05) is 52.1 Å². The number of rotatable bonds is 4. The summed E-state index contributed by atoms with van der Waals surface area (Å²) in [4.78, 5) is 11.9. The standard InChI is InChI=1S/C18H23NO2/c1-14-11-19(12-15-8-6-5-7-9-15)13-16(14)10-17(20)21-18(2,3)4/h5-9,11,13H,10,12H2,1-4H3. The van der Waals surface area contributed by atoms with Crippen molar-refractivity contribution >= 4 is 5.97 Å². The molecule has 0 saturated heterocycles. The Labute approximate surface area is 126 Å². The van der Waals surface area contributed by atoms with Gasteiger partial charge in [-0.05, 0) is 44.4 Å². The van der Waals surface area contributed by atoms with Gasteiger partial charge in [0.1, 0.15) is 5.60 Å². The minimum Gasteiger partial charge on any atom is -0.460 e. The number of hydrogen-bond donors (Lipinski definition) is 0. The van der Waals surface area contributed by atoms with Crippen molar-refractivity contribution in [1.82, 2.24) is 4.57 Å². The van der Waals surface area contributed by atoms with Crippen molar-refractivity contribution in [3.63, 3.8) is 0 Å². The Hall–Kier alpha value is -2.03. The first-order valence-electron chi connectivity index (χ1n) is 7.24. The van der Waals surface area contributed by atoms with E-state index in [1.165, 1.54) is 5.56 Å². The summed E-state index contributed by atoms with van der Waals surface area (Å²) in [6, 6.07) is 10.3. The van der Waals surface area contributed by atoms with E-state index in [-0.39, 0.29) is 5.97 Å². The van der Waals surface area contributed by atoms with Crippen molar-refractivity contribution < 1.29 is 9.53 Å². The molecule has 0 aliphatic heterocycles. The molecular weight excluding hydrogens is 262 g/mol. The molecule has 0 saturated carbocycles. The van der Waals surface area contributed by atoms with Crippen LogP contribution in [-0.4, -0.2) is 16.1 Å². The first kappa shape index (κ1) is 15.4. The number of hydrogen-bond acceptors (Lipinski definition) is 2. The summed E-state index contributed by atoms with van der Waals surface area (Å²) >= 11 is 0. The molecule has 0 aliphatic rings. The Kier molecular flexibility index (Phi) is 4.51. The zero-order valence-corrected chi connectivity index (χ0v) is 13.2. The topological polar surface area (TPSA) is 31.2 Å². The minimum atomic E-state index is -0.433. The molecule has 0 radical (unpaired) electrons. The smallest absolute Gasteiger partial charge is 0.310 e. The van der Waals surface area contributed by atoms with Gasteiger partial charge in [-0.1, -0.05) is 30.3 Å². The maximum atomic E-state index is 11.9. The minimum absolute atomic E-state index is 0.178. The zero-order valence-electron chi connectivity index (χ0n) is 13.2. The van der Waals surface area contributed by atoms with Crippen molar-refractivity contribution in [1.29, 1.82) is 0 Å². The average molecular weight is 285 g/mol. The highest BCUT2D eigenvalue weighted by Gasteiger charge is 2.17. The molecule has 3 heteroatoms. The molecule has 0 aliphatic carbocycles. The molecule has 0 amide bonds. The molecule has 0 N–H and O–H groups in total. The van der Waals surface area contributed by atoms with Gasteiger partial charge in [0.05, 0.1) is 6.42 Å². The van der Waals surface area contributed by atoms with E-state index in [0.717, 1.165) is 17.7 Å². The van der Waals surface area contributed by atoms with Crippen LogP contribution in [0.25, 0.3) is 0 Å². The Bertz CT molecular complexity index is 606. The lowest BCUT2D eigenvalue weighted by Gasteiger charge is -2.19. The van der Waals surface area contributed by atoms with Crippen LogP contribution in [0.3, 0.4) is 0 Å². The second kappa shape index (κ2) is 6.17. The number of benzene rings is 1. The molecule has 2 rings (SSSR count). The summed E-state index contributed by atoms with van der Waals surface area (Å²) in [5, 5.41) is 0. The van der Waals surface area contributed by atoms with Gasteiger partial charge in [-0.15, -0.1) is 0 Å². The predicted molar refractivity (Wildman–Crippen MR) is 84.3 cm³/mol. The summed E-state index contributed by atoms with van der Waals surface area (Å²) < 4.78 is 7.49. The molecule has 0 fully saturated rings. The molecule has 0 unspecified atom stereocenters. The second-order valence-corrected chi connectivity index (χ2v) is 6.39. The van der Waals surface area contributed by atoms with Crippen LogP contribution >= 0.6 is 0 Å². The SMILES string of the molecule is Cc1cn(Cc2ccccc2)cc1CC(=O)OC(C)(C)C. The fraction of sp³-hybridized carbons (Fsp3) is 0.389. The first-order chi connectivity index (χ1) is 9.83. The monoisotopic (exact) mass is 285 g/mol. The van der Waals surface area contributed by atoms with Gasteiger partial charge in [-0.3, -0.25) is 4.79 Å². The van der Waals surface area contributed by atoms with Crippen LogP contribution in [0.5, 0.6) is 0 Å². The van der Waals surface area contributed by atoms with Crippen LogP contribution < -0.4 is 0 Å². The maximum Gasteiger partial charge on any atom is 0.310 e. The van der Waals surface area contributed by atoms with Crippen LogP contribution in [0.1, 0.15) is 37.5 Å². The van der Waals surface area contributed by atoms with Crippen molar-refractivity contribution in [2.45, 2.75) is 46.3 Å². The van der Waals surface area contributed by atoms with Gasteiger partial charge in [0.2, 0.25) is 0 Å². The van der Waals surface area contributed by atoms with Crippen molar-refractivity contribution in [2.24, 2.45) is 0 Å². The molecule has 2 aromatic rings. The van der Waals surface area contributed by atoms with Gasteiger partial charge in [0, 0.05) is 18.9 Å². The third-order valence-electron chi connectivity index (χ3n) is 3.15. The van der Waals surface area contributed by atoms with E-state index in [4.69, 9.17) is 4.74 Å². The molecular formula is C18H23NO2. The van der Waals surface area contributed by atoms with Gasteiger partial charge >= 0.3 is 5.97 Å². The molecule has 1 aromatic heterocycles. The van der Waals surface area contributed by atoms with Gasteiger partial charge in [0.15, 0.2) is 0 Å². The number of aryl methyl sites for hydroxylation is 1. The summed E-state index contributed by atoms with van der Waals surface area (Å²) in [5.41, 5.74) is 2.96. The van der Waals surface area contributed by atoms with E-state index < -0.39 is 5.60 Å². The fourth-order valence-corrected chi connectivity index (χ4v) is 2.27. The zero-order chi connectivity index (χ0) is 15.5. The summed E-state index contributed by atoms with van der Waals surface area (Å²) in [6.45, 7) is 8.51. The maximum absolute atomic E-state index is 11.9. The lowest BCUT2D eigenvalue weighted by Crippen LogP contribution is -2.24. The third-order valence-corrected chi connectivity index (χ3v) is 3.15. The molecule has 0 atom stereocenters. The molecule has 3 nitrogen and oxygen atoms in total. The van der Waals surface area contributed by atoms with Gasteiger partial charge in [0.25, 0.3) is 0 Å².